The summed E-state index contributed by atoms with van der Waals surface area (Å²) in [4.78, 5) is 26.1. The molecule has 1 fully saturated rings. The van der Waals surface area contributed by atoms with E-state index in [4.69, 9.17) is 0 Å². The summed E-state index contributed by atoms with van der Waals surface area (Å²) in [6.45, 7) is 2.64. The topological polar surface area (TPSA) is 71.0 Å². The summed E-state index contributed by atoms with van der Waals surface area (Å²) in [7, 11) is 0. The molecule has 0 bridgehead atoms. The Balaban J connectivity index is 1.69. The number of hydrogen-bond donors (Lipinski definition) is 1. The lowest BCUT2D eigenvalue weighted by atomic mass is 10.0. The second kappa shape index (κ2) is 7.08. The van der Waals surface area contributed by atoms with E-state index in [1.165, 1.54) is 19.2 Å². The number of carbonyl (C=O) groups is 1. The Bertz CT molecular complexity index is 741. The van der Waals surface area contributed by atoms with Crippen molar-refractivity contribution in [2.75, 3.05) is 18.0 Å². The van der Waals surface area contributed by atoms with Crippen molar-refractivity contribution in [3.63, 3.8) is 0 Å². The number of aryl methyl sites for hydroxylation is 1. The highest BCUT2D eigenvalue weighted by atomic mass is 19.3. The molecule has 1 aliphatic rings. The lowest BCUT2D eigenvalue weighted by molar-refractivity contribution is -0.148. The second-order valence-corrected chi connectivity index (χ2v) is 6.05. The molecule has 0 aromatic carbocycles. The largest absolute Gasteiger partial charge is 0.366 e. The zero-order valence-electron chi connectivity index (χ0n) is 13.8. The van der Waals surface area contributed by atoms with Crippen LogP contribution in [0, 0.1) is 6.92 Å². The van der Waals surface area contributed by atoms with Crippen LogP contribution in [-0.4, -0.2) is 40.0 Å². The van der Waals surface area contributed by atoms with Crippen LogP contribution in [-0.2, 0) is 10.7 Å². The van der Waals surface area contributed by atoms with Crippen molar-refractivity contribution in [2.45, 2.75) is 31.7 Å². The highest BCUT2D eigenvalue weighted by molar-refractivity contribution is 5.85. The van der Waals surface area contributed by atoms with Crippen LogP contribution in [0.15, 0.2) is 36.8 Å². The fourth-order valence-corrected chi connectivity index (χ4v) is 2.93. The van der Waals surface area contributed by atoms with E-state index in [9.17, 15) is 13.6 Å². The van der Waals surface area contributed by atoms with Crippen LogP contribution in [0.2, 0.25) is 0 Å². The summed E-state index contributed by atoms with van der Waals surface area (Å²) in [5, 5.41) is 2.46. The third-order valence-electron chi connectivity index (χ3n) is 4.18. The molecule has 1 unspecified atom stereocenters. The van der Waals surface area contributed by atoms with Crippen molar-refractivity contribution in [3.8, 4) is 0 Å². The zero-order valence-corrected chi connectivity index (χ0v) is 13.8. The number of rotatable bonds is 4. The predicted molar refractivity (Wildman–Crippen MR) is 88.3 cm³/mol. The molecule has 2 aromatic heterocycles. The summed E-state index contributed by atoms with van der Waals surface area (Å²) in [6, 6.07) is 4.40. The van der Waals surface area contributed by atoms with E-state index in [-0.39, 0.29) is 11.6 Å². The molecular weight excluding hydrogens is 328 g/mol. The Kier molecular flexibility index (Phi) is 4.87. The Hall–Kier alpha value is -2.64. The molecule has 1 aliphatic heterocycles. The van der Waals surface area contributed by atoms with Gasteiger partial charge in [0.1, 0.15) is 5.69 Å². The van der Waals surface area contributed by atoms with Crippen molar-refractivity contribution in [3.05, 3.63) is 48.0 Å². The van der Waals surface area contributed by atoms with Gasteiger partial charge >= 0.3 is 5.92 Å². The average Bonchev–Trinajstić information content (AvgIpc) is 2.63. The first-order chi connectivity index (χ1) is 12.0. The van der Waals surface area contributed by atoms with Crippen LogP contribution in [0.3, 0.4) is 0 Å². The molecule has 1 saturated heterocycles. The number of piperidine rings is 1. The Morgan fingerprint density at radius 3 is 2.68 bits per heavy atom. The normalized spacial score (nSPS) is 18.0. The van der Waals surface area contributed by atoms with Crippen molar-refractivity contribution in [2.24, 2.45) is 0 Å². The van der Waals surface area contributed by atoms with E-state index in [1.807, 2.05) is 4.90 Å². The minimum absolute atomic E-state index is 0.283. The number of carbonyl (C=O) groups excluding carboxylic acids is 1. The SMILES string of the molecule is Cc1cccnc1C(F)(F)C(=O)NC1CCCN(c2ncccn2)C1. The monoisotopic (exact) mass is 347 g/mol. The van der Waals surface area contributed by atoms with E-state index in [2.05, 4.69) is 20.3 Å². The van der Waals surface area contributed by atoms with Gasteiger partial charge in [-0.15, -0.1) is 0 Å². The minimum atomic E-state index is -3.67. The van der Waals surface area contributed by atoms with Gasteiger partial charge in [0.15, 0.2) is 0 Å². The quantitative estimate of drug-likeness (QED) is 0.917. The van der Waals surface area contributed by atoms with Gasteiger partial charge in [0.05, 0.1) is 0 Å². The maximum absolute atomic E-state index is 14.5. The molecule has 0 saturated carbocycles. The molecule has 0 aliphatic carbocycles. The van der Waals surface area contributed by atoms with Gasteiger partial charge in [0.25, 0.3) is 5.91 Å². The van der Waals surface area contributed by atoms with Crippen LogP contribution in [0.25, 0.3) is 0 Å². The first-order valence-electron chi connectivity index (χ1n) is 8.11. The molecule has 3 heterocycles. The number of nitrogens with zero attached hydrogens (tertiary/aromatic N) is 4. The highest BCUT2D eigenvalue weighted by Gasteiger charge is 2.44. The van der Waals surface area contributed by atoms with Crippen molar-refractivity contribution in [1.29, 1.82) is 0 Å². The van der Waals surface area contributed by atoms with E-state index >= 15 is 0 Å². The van der Waals surface area contributed by atoms with Crippen molar-refractivity contribution < 1.29 is 13.6 Å². The molecule has 2 aromatic rings. The minimum Gasteiger partial charge on any atom is -0.346 e. The number of hydrogen-bond acceptors (Lipinski definition) is 5. The maximum atomic E-state index is 14.5. The molecule has 6 nitrogen and oxygen atoms in total. The first kappa shape index (κ1) is 17.2. The number of halogens is 2. The van der Waals surface area contributed by atoms with E-state index in [1.54, 1.807) is 24.5 Å². The van der Waals surface area contributed by atoms with E-state index in [0.717, 1.165) is 13.0 Å². The van der Waals surface area contributed by atoms with Gasteiger partial charge in [0, 0.05) is 37.7 Å². The molecule has 0 spiro atoms. The average molecular weight is 347 g/mol. The molecule has 1 amide bonds. The first-order valence-corrected chi connectivity index (χ1v) is 8.11. The van der Waals surface area contributed by atoms with E-state index in [0.29, 0.717) is 18.9 Å². The summed E-state index contributed by atoms with van der Waals surface area (Å²) < 4.78 is 28.9. The number of nitrogens with one attached hydrogen (secondary N) is 1. The van der Waals surface area contributed by atoms with E-state index < -0.39 is 17.5 Å². The third kappa shape index (κ3) is 3.72. The van der Waals surface area contributed by atoms with Gasteiger partial charge < -0.3 is 10.2 Å². The summed E-state index contributed by atoms with van der Waals surface area (Å²) in [5.74, 6) is -4.46. The van der Waals surface area contributed by atoms with Gasteiger partial charge in [-0.25, -0.2) is 9.97 Å². The second-order valence-electron chi connectivity index (χ2n) is 6.05. The Labute approximate surface area is 144 Å². The molecule has 8 heteroatoms. The summed E-state index contributed by atoms with van der Waals surface area (Å²) in [5.41, 5.74) is -0.225. The summed E-state index contributed by atoms with van der Waals surface area (Å²) >= 11 is 0. The lowest BCUT2D eigenvalue weighted by Gasteiger charge is -2.33. The smallest absolute Gasteiger partial charge is 0.346 e. The Morgan fingerprint density at radius 1 is 1.24 bits per heavy atom. The highest BCUT2D eigenvalue weighted by Crippen LogP contribution is 2.29. The standard InChI is InChI=1S/C17H19F2N5O/c1-12-5-2-7-20-14(12)17(18,19)15(25)23-13-6-3-10-24(11-13)16-21-8-4-9-22-16/h2,4-5,7-9,13H,3,6,10-11H2,1H3,(H,23,25). The summed E-state index contributed by atoms with van der Waals surface area (Å²) in [6.07, 6.45) is 5.91. The zero-order chi connectivity index (χ0) is 17.9. The number of anilines is 1. The number of aromatic nitrogens is 3. The lowest BCUT2D eigenvalue weighted by Crippen LogP contribution is -2.51. The molecule has 25 heavy (non-hydrogen) atoms. The fourth-order valence-electron chi connectivity index (χ4n) is 2.93. The molecular formula is C17H19F2N5O. The van der Waals surface area contributed by atoms with Crippen molar-refractivity contribution >= 4 is 11.9 Å². The van der Waals surface area contributed by atoms with Crippen LogP contribution in [0.1, 0.15) is 24.1 Å². The van der Waals surface area contributed by atoms with Crippen molar-refractivity contribution in [1.82, 2.24) is 20.3 Å². The molecule has 132 valence electrons. The molecule has 1 atom stereocenters. The molecule has 0 radical (unpaired) electrons. The van der Waals surface area contributed by atoms with Crippen LogP contribution >= 0.6 is 0 Å². The van der Waals surface area contributed by atoms with Gasteiger partial charge in [-0.1, -0.05) is 6.07 Å². The van der Waals surface area contributed by atoms with Crippen LogP contribution in [0.5, 0.6) is 0 Å². The number of alkyl halides is 2. The van der Waals surface area contributed by atoms with Gasteiger partial charge in [0.2, 0.25) is 5.95 Å². The van der Waals surface area contributed by atoms with Gasteiger partial charge in [-0.2, -0.15) is 8.78 Å². The predicted octanol–water partition coefficient (Wildman–Crippen LogP) is 2.06. The number of amides is 1. The molecule has 1 N–H and O–H groups in total. The molecule has 3 rings (SSSR count). The maximum Gasteiger partial charge on any atom is 0.366 e. The fraction of sp³-hybridized carbons (Fsp3) is 0.412. The van der Waals surface area contributed by atoms with Gasteiger partial charge in [-0.05, 0) is 37.5 Å². The number of pyridine rings is 1. The third-order valence-corrected chi connectivity index (χ3v) is 4.18. The van der Waals surface area contributed by atoms with Crippen LogP contribution < -0.4 is 10.2 Å². The Morgan fingerprint density at radius 2 is 1.96 bits per heavy atom. The van der Waals surface area contributed by atoms with Gasteiger partial charge in [-0.3, -0.25) is 9.78 Å². The van der Waals surface area contributed by atoms with Crippen LogP contribution in [0.4, 0.5) is 14.7 Å².